The maximum Gasteiger partial charge on any atom is 0.353 e. The summed E-state index contributed by atoms with van der Waals surface area (Å²) >= 11 is 0. The number of nitro groups is 1. The molecule has 0 radical (unpaired) electrons. The molecule has 0 unspecified atom stereocenters. The molecule has 0 spiro atoms. The molecule has 2 aromatic carbocycles. The molecule has 0 N–H and O–H groups in total. The molecule has 0 bridgehead atoms. The summed E-state index contributed by atoms with van der Waals surface area (Å²) in [6, 6.07) is 13.7. The van der Waals surface area contributed by atoms with Crippen molar-refractivity contribution in [2.24, 2.45) is 0 Å². The standard InChI is InChI=1S/C19H16N6O4/c1-3-29-19-22-21-18-20-16(12-6-10-15(28-2)11-7-12)17(24(18)23-19)13-4-8-14(9-5-13)25(26)27/h4-11H,3H2,1-2H3. The molecule has 0 fully saturated rings. The van der Waals surface area contributed by atoms with Crippen molar-refractivity contribution < 1.29 is 14.4 Å². The monoisotopic (exact) mass is 392 g/mol. The SMILES string of the molecule is CCOc1nnc2nc(-c3ccc(OC)cc3)c(-c3ccc([N+](=O)[O-])cc3)n2n1. The number of aromatic nitrogens is 5. The van der Waals surface area contributed by atoms with Gasteiger partial charge in [0.1, 0.15) is 17.1 Å². The average molecular weight is 392 g/mol. The minimum absolute atomic E-state index is 0.00340. The highest BCUT2D eigenvalue weighted by Gasteiger charge is 2.20. The largest absolute Gasteiger partial charge is 0.497 e. The van der Waals surface area contributed by atoms with Crippen LogP contribution in [0.15, 0.2) is 48.5 Å². The zero-order valence-electron chi connectivity index (χ0n) is 15.6. The van der Waals surface area contributed by atoms with Gasteiger partial charge < -0.3 is 9.47 Å². The lowest BCUT2D eigenvalue weighted by Crippen LogP contribution is -2.05. The maximum absolute atomic E-state index is 11.0. The first-order valence-corrected chi connectivity index (χ1v) is 8.76. The topological polar surface area (TPSA) is 118 Å². The lowest BCUT2D eigenvalue weighted by molar-refractivity contribution is -0.384. The first-order valence-electron chi connectivity index (χ1n) is 8.76. The summed E-state index contributed by atoms with van der Waals surface area (Å²) in [7, 11) is 1.59. The summed E-state index contributed by atoms with van der Waals surface area (Å²) in [6.45, 7) is 2.21. The Morgan fingerprint density at radius 2 is 1.72 bits per heavy atom. The number of fused-ring (bicyclic) bond motifs is 1. The molecule has 2 heterocycles. The van der Waals surface area contributed by atoms with Gasteiger partial charge in [0.05, 0.1) is 18.6 Å². The van der Waals surface area contributed by atoms with E-state index >= 15 is 0 Å². The highest BCUT2D eigenvalue weighted by atomic mass is 16.6. The molecule has 10 heteroatoms. The van der Waals surface area contributed by atoms with Crippen molar-refractivity contribution in [3.8, 4) is 34.3 Å². The Morgan fingerprint density at radius 1 is 1.03 bits per heavy atom. The van der Waals surface area contributed by atoms with Gasteiger partial charge >= 0.3 is 6.01 Å². The summed E-state index contributed by atoms with van der Waals surface area (Å²) in [5, 5.41) is 23.4. The van der Waals surface area contributed by atoms with Crippen LogP contribution in [0.1, 0.15) is 6.92 Å². The van der Waals surface area contributed by atoms with Gasteiger partial charge in [0.2, 0.25) is 0 Å². The van der Waals surface area contributed by atoms with Crippen LogP contribution in [0.3, 0.4) is 0 Å². The normalized spacial score (nSPS) is 10.8. The zero-order valence-corrected chi connectivity index (χ0v) is 15.6. The molecule has 10 nitrogen and oxygen atoms in total. The summed E-state index contributed by atoms with van der Waals surface area (Å²) in [4.78, 5) is 15.1. The van der Waals surface area contributed by atoms with Crippen LogP contribution >= 0.6 is 0 Å². The van der Waals surface area contributed by atoms with Crippen LogP contribution in [0.25, 0.3) is 28.3 Å². The van der Waals surface area contributed by atoms with Crippen LogP contribution < -0.4 is 9.47 Å². The second-order valence-corrected chi connectivity index (χ2v) is 5.97. The summed E-state index contributed by atoms with van der Waals surface area (Å²) in [5.41, 5.74) is 2.73. The highest BCUT2D eigenvalue weighted by molar-refractivity contribution is 5.81. The lowest BCUT2D eigenvalue weighted by atomic mass is 10.0. The number of non-ortho nitro benzene ring substituents is 1. The molecule has 0 saturated carbocycles. The van der Waals surface area contributed by atoms with Gasteiger partial charge in [0.15, 0.2) is 0 Å². The Kier molecular flexibility index (Phi) is 4.73. The average Bonchev–Trinajstić information content (AvgIpc) is 3.13. The van der Waals surface area contributed by atoms with E-state index in [0.29, 0.717) is 29.3 Å². The Bertz CT molecular complexity index is 1170. The molecule has 0 aliphatic rings. The van der Waals surface area contributed by atoms with Gasteiger partial charge in [0.25, 0.3) is 11.5 Å². The van der Waals surface area contributed by atoms with Gasteiger partial charge in [-0.3, -0.25) is 10.1 Å². The molecule has 4 rings (SSSR count). The summed E-state index contributed by atoms with van der Waals surface area (Å²) in [6.07, 6.45) is 0. The third-order valence-electron chi connectivity index (χ3n) is 4.24. The van der Waals surface area contributed by atoms with Crippen molar-refractivity contribution in [3.05, 3.63) is 58.6 Å². The number of hydrogen-bond acceptors (Lipinski definition) is 8. The van der Waals surface area contributed by atoms with Gasteiger partial charge in [-0.25, -0.2) is 4.98 Å². The van der Waals surface area contributed by atoms with Gasteiger partial charge in [0, 0.05) is 23.3 Å². The van der Waals surface area contributed by atoms with Crippen molar-refractivity contribution in [3.63, 3.8) is 0 Å². The number of rotatable bonds is 6. The fraction of sp³-hybridized carbons (Fsp3) is 0.158. The van der Waals surface area contributed by atoms with Crippen LogP contribution in [0.2, 0.25) is 0 Å². The van der Waals surface area contributed by atoms with Crippen molar-refractivity contribution >= 4 is 11.5 Å². The predicted octanol–water partition coefficient (Wildman–Crippen LogP) is 3.17. The quantitative estimate of drug-likeness (QED) is 0.363. The number of benzene rings is 2. The molecule has 29 heavy (non-hydrogen) atoms. The molecule has 0 aliphatic carbocycles. The molecule has 146 valence electrons. The first kappa shape index (κ1) is 18.3. The van der Waals surface area contributed by atoms with Crippen LogP contribution in [-0.2, 0) is 0 Å². The number of methoxy groups -OCH3 is 1. The summed E-state index contributed by atoms with van der Waals surface area (Å²) < 4.78 is 12.1. The second kappa shape index (κ2) is 7.50. The van der Waals surface area contributed by atoms with Crippen LogP contribution in [0.5, 0.6) is 11.8 Å². The number of nitro benzene ring substituents is 1. The van der Waals surface area contributed by atoms with Crippen molar-refractivity contribution in [1.82, 2.24) is 24.8 Å². The third kappa shape index (κ3) is 3.43. The molecule has 2 aromatic heterocycles. The Hall–Kier alpha value is -4.08. The fourth-order valence-electron chi connectivity index (χ4n) is 2.89. The predicted molar refractivity (Wildman–Crippen MR) is 104 cm³/mol. The number of ether oxygens (including phenoxy) is 2. The molecular weight excluding hydrogens is 376 g/mol. The molecular formula is C19H16N6O4. The highest BCUT2D eigenvalue weighted by Crippen LogP contribution is 2.33. The van der Waals surface area contributed by atoms with E-state index in [1.165, 1.54) is 16.6 Å². The smallest absolute Gasteiger partial charge is 0.353 e. The van der Waals surface area contributed by atoms with Gasteiger partial charge in [-0.15, -0.1) is 10.2 Å². The molecule has 0 atom stereocenters. The van der Waals surface area contributed by atoms with E-state index in [2.05, 4.69) is 20.3 Å². The van der Waals surface area contributed by atoms with E-state index in [1.54, 1.807) is 19.2 Å². The lowest BCUT2D eigenvalue weighted by Gasteiger charge is -2.06. The van der Waals surface area contributed by atoms with Gasteiger partial charge in [-0.2, -0.15) is 4.52 Å². The van der Waals surface area contributed by atoms with E-state index in [1.807, 2.05) is 31.2 Å². The van der Waals surface area contributed by atoms with Gasteiger partial charge in [-0.1, -0.05) is 5.10 Å². The number of imidazole rings is 1. The van der Waals surface area contributed by atoms with Crippen LogP contribution in [0, 0.1) is 10.1 Å². The molecule has 4 aromatic rings. The van der Waals surface area contributed by atoms with Crippen molar-refractivity contribution in [2.75, 3.05) is 13.7 Å². The zero-order chi connectivity index (χ0) is 20.4. The molecule has 0 amide bonds. The van der Waals surface area contributed by atoms with E-state index in [-0.39, 0.29) is 17.5 Å². The first-order chi connectivity index (χ1) is 14.1. The third-order valence-corrected chi connectivity index (χ3v) is 4.24. The van der Waals surface area contributed by atoms with Gasteiger partial charge in [-0.05, 0) is 43.3 Å². The van der Waals surface area contributed by atoms with Crippen molar-refractivity contribution in [2.45, 2.75) is 6.92 Å². The van der Waals surface area contributed by atoms with Crippen LogP contribution in [-0.4, -0.2) is 43.4 Å². The Labute approximate surface area is 164 Å². The Morgan fingerprint density at radius 3 is 2.34 bits per heavy atom. The maximum atomic E-state index is 11.0. The minimum Gasteiger partial charge on any atom is -0.497 e. The molecule has 0 aliphatic heterocycles. The number of hydrogen-bond donors (Lipinski definition) is 0. The van der Waals surface area contributed by atoms with E-state index < -0.39 is 4.92 Å². The fourth-order valence-corrected chi connectivity index (χ4v) is 2.89. The van der Waals surface area contributed by atoms with E-state index in [0.717, 1.165) is 5.56 Å². The Balaban J connectivity index is 1.93. The van der Waals surface area contributed by atoms with Crippen molar-refractivity contribution in [1.29, 1.82) is 0 Å². The van der Waals surface area contributed by atoms with E-state index in [9.17, 15) is 10.1 Å². The van der Waals surface area contributed by atoms with Crippen LogP contribution in [0.4, 0.5) is 5.69 Å². The minimum atomic E-state index is -0.445. The molecule has 0 saturated heterocycles. The van der Waals surface area contributed by atoms with E-state index in [4.69, 9.17) is 9.47 Å². The summed E-state index contributed by atoms with van der Waals surface area (Å²) in [5.74, 6) is 0.999. The number of nitrogens with zero attached hydrogens (tertiary/aromatic N) is 6. The second-order valence-electron chi connectivity index (χ2n) is 5.97.